The van der Waals surface area contributed by atoms with E-state index >= 15 is 4.39 Å². The number of anilines is 3. The number of likely N-dealkylation sites (tertiary alicyclic amines) is 1. The van der Waals surface area contributed by atoms with E-state index in [4.69, 9.17) is 21.3 Å². The molecule has 0 spiro atoms. The Morgan fingerprint density at radius 3 is 2.85 bits per heavy atom. The number of piperazine rings is 1. The Kier molecular flexibility index (Phi) is 6.01. The molecule has 11 nitrogen and oxygen atoms in total. The molecule has 2 aliphatic rings. The zero-order valence-corrected chi connectivity index (χ0v) is 22.4. The second-order valence-electron chi connectivity index (χ2n) is 9.68. The van der Waals surface area contributed by atoms with Crippen LogP contribution in [0.15, 0.2) is 55.2 Å². The maximum Gasteiger partial charge on any atom is 0.298 e. The molecule has 0 unspecified atom stereocenters. The highest BCUT2D eigenvalue weighted by atomic mass is 35.5. The van der Waals surface area contributed by atoms with Crippen LogP contribution in [0.1, 0.15) is 13.3 Å². The Hall–Kier alpha value is -5.02. The van der Waals surface area contributed by atoms with Gasteiger partial charge >= 0.3 is 0 Å². The maximum absolute atomic E-state index is 15.4. The third kappa shape index (κ3) is 4.40. The van der Waals surface area contributed by atoms with Crippen molar-refractivity contribution in [2.75, 3.05) is 23.3 Å². The molecule has 2 bridgehead atoms. The van der Waals surface area contributed by atoms with E-state index in [1.54, 1.807) is 35.8 Å². The summed E-state index contributed by atoms with van der Waals surface area (Å²) in [7, 11) is 0. The van der Waals surface area contributed by atoms with Crippen LogP contribution >= 0.6 is 11.6 Å². The number of amides is 1. The molecular formula is C28H21ClFN9O2. The molecule has 1 N–H and O–H groups in total. The SMILES string of the molecule is CC#CC(=O)N1C[C@@H]2C[C@H]1CN2c1ccc2ncnc(Nc3ccc(Oc4ccn5ncnc5c4)c(Cl)c3F)c2n1. The molecule has 5 aromatic rings. The predicted molar refractivity (Wildman–Crippen MR) is 150 cm³/mol. The number of fused-ring (bicyclic) bond motifs is 4. The molecule has 2 saturated heterocycles. The van der Waals surface area contributed by atoms with Gasteiger partial charge in [-0.25, -0.2) is 28.8 Å². The molecule has 0 saturated carbocycles. The van der Waals surface area contributed by atoms with Crippen molar-refractivity contribution in [2.45, 2.75) is 25.4 Å². The fourth-order valence-corrected chi connectivity index (χ4v) is 5.58. The summed E-state index contributed by atoms with van der Waals surface area (Å²) >= 11 is 6.37. The number of halogens is 2. The lowest BCUT2D eigenvalue weighted by molar-refractivity contribution is -0.126. The Morgan fingerprint density at radius 2 is 2.02 bits per heavy atom. The van der Waals surface area contributed by atoms with Crippen molar-refractivity contribution in [3.8, 4) is 23.3 Å². The minimum atomic E-state index is -0.701. The van der Waals surface area contributed by atoms with E-state index in [0.29, 0.717) is 41.3 Å². The number of nitrogens with zero attached hydrogens (tertiary/aromatic N) is 8. The lowest BCUT2D eigenvalue weighted by atomic mass is 10.2. The number of nitrogens with one attached hydrogen (secondary N) is 1. The first-order chi connectivity index (χ1) is 20.0. The summed E-state index contributed by atoms with van der Waals surface area (Å²) < 4.78 is 22.8. The molecule has 0 radical (unpaired) electrons. The molecule has 4 aromatic heterocycles. The molecule has 2 fully saturated rings. The third-order valence-corrected chi connectivity index (χ3v) is 7.63. The quantitative estimate of drug-likeness (QED) is 0.311. The molecule has 1 amide bonds. The number of hydrogen-bond donors (Lipinski definition) is 1. The lowest BCUT2D eigenvalue weighted by Crippen LogP contribution is -2.48. The van der Waals surface area contributed by atoms with Gasteiger partial charge in [-0.05, 0) is 49.6 Å². The van der Waals surface area contributed by atoms with E-state index in [1.165, 1.54) is 18.7 Å². The van der Waals surface area contributed by atoms with E-state index < -0.39 is 5.82 Å². The van der Waals surface area contributed by atoms with Gasteiger partial charge in [-0.3, -0.25) is 4.79 Å². The summed E-state index contributed by atoms with van der Waals surface area (Å²) in [6.45, 7) is 2.92. The monoisotopic (exact) mass is 569 g/mol. The Morgan fingerprint density at radius 1 is 1.12 bits per heavy atom. The second-order valence-corrected chi connectivity index (χ2v) is 10.1. The zero-order valence-electron chi connectivity index (χ0n) is 21.6. The normalized spacial score (nSPS) is 17.6. The number of carbonyl (C=O) groups excluding carboxylic acids is 1. The lowest BCUT2D eigenvalue weighted by Gasteiger charge is -2.34. The van der Waals surface area contributed by atoms with E-state index in [2.05, 4.69) is 42.1 Å². The van der Waals surface area contributed by atoms with Crippen LogP contribution in [0.5, 0.6) is 11.5 Å². The van der Waals surface area contributed by atoms with Crippen LogP contribution < -0.4 is 15.0 Å². The smallest absolute Gasteiger partial charge is 0.298 e. The number of carbonyl (C=O) groups is 1. The first-order valence-corrected chi connectivity index (χ1v) is 13.2. The van der Waals surface area contributed by atoms with Crippen LogP contribution in [0.4, 0.5) is 21.7 Å². The van der Waals surface area contributed by atoms with E-state index in [9.17, 15) is 4.79 Å². The number of ether oxygens (including phenoxy) is 1. The van der Waals surface area contributed by atoms with Crippen LogP contribution in [0.3, 0.4) is 0 Å². The average molecular weight is 570 g/mol. The van der Waals surface area contributed by atoms with E-state index in [1.807, 2.05) is 17.0 Å². The standard InChI is InChI=1S/C28H21ClFN9O2/c1-2-3-24(40)38-13-16-10-17(38)12-37(16)22-7-5-20-27(36-22)28(33-14-31-20)35-19-4-6-21(25(29)26(19)30)41-18-8-9-39-23(11-18)32-15-34-39/h4-9,11,14-17H,10,12-13H2,1H3,(H,31,33,35)/t16-,17-/m0/s1. The molecule has 41 heavy (non-hydrogen) atoms. The highest BCUT2D eigenvalue weighted by molar-refractivity contribution is 6.32. The molecule has 0 aliphatic carbocycles. The number of pyridine rings is 2. The minimum Gasteiger partial charge on any atom is -0.455 e. The summed E-state index contributed by atoms with van der Waals surface area (Å²) in [4.78, 5) is 33.9. The Labute approximate surface area is 237 Å². The van der Waals surface area contributed by atoms with Crippen molar-refractivity contribution in [1.29, 1.82) is 0 Å². The van der Waals surface area contributed by atoms with Crippen molar-refractivity contribution in [3.05, 3.63) is 66.1 Å². The van der Waals surface area contributed by atoms with Gasteiger partial charge in [-0.1, -0.05) is 17.5 Å². The molecule has 13 heteroatoms. The first-order valence-electron chi connectivity index (χ1n) is 12.8. The molecular weight excluding hydrogens is 549 g/mol. The fourth-order valence-electron chi connectivity index (χ4n) is 5.38. The van der Waals surface area contributed by atoms with Gasteiger partial charge in [-0.15, -0.1) is 0 Å². The van der Waals surface area contributed by atoms with E-state index in [-0.39, 0.29) is 34.5 Å². The maximum atomic E-state index is 15.4. The van der Waals surface area contributed by atoms with E-state index in [0.717, 1.165) is 12.2 Å². The molecule has 2 aliphatic heterocycles. The molecule has 6 heterocycles. The zero-order chi connectivity index (χ0) is 28.1. The van der Waals surface area contributed by atoms with Crippen LogP contribution in [0.2, 0.25) is 5.02 Å². The van der Waals surface area contributed by atoms with Gasteiger partial charge in [0.25, 0.3) is 5.91 Å². The van der Waals surface area contributed by atoms with Gasteiger partial charge in [0.15, 0.2) is 17.3 Å². The molecule has 204 valence electrons. The topological polar surface area (TPSA) is 114 Å². The summed E-state index contributed by atoms with van der Waals surface area (Å²) in [5, 5.41) is 6.87. The average Bonchev–Trinajstić information content (AvgIpc) is 3.73. The van der Waals surface area contributed by atoms with Gasteiger partial charge in [0, 0.05) is 25.4 Å². The van der Waals surface area contributed by atoms with Crippen molar-refractivity contribution in [1.82, 2.24) is 34.4 Å². The first kappa shape index (κ1) is 25.0. The predicted octanol–water partition coefficient (Wildman–Crippen LogP) is 4.21. The molecule has 2 atom stereocenters. The number of benzene rings is 1. The Balaban J connectivity index is 1.14. The summed E-state index contributed by atoms with van der Waals surface area (Å²) in [6, 6.07) is 10.4. The largest absolute Gasteiger partial charge is 0.455 e. The highest BCUT2D eigenvalue weighted by Gasteiger charge is 2.45. The third-order valence-electron chi connectivity index (χ3n) is 7.27. The molecule has 7 rings (SSSR count). The van der Waals surface area contributed by atoms with Crippen LogP contribution in [0.25, 0.3) is 16.7 Å². The summed E-state index contributed by atoms with van der Waals surface area (Å²) in [6.07, 6.45) is 5.36. The number of hydrogen-bond acceptors (Lipinski definition) is 9. The highest BCUT2D eigenvalue weighted by Crippen LogP contribution is 2.38. The summed E-state index contributed by atoms with van der Waals surface area (Å²) in [5.74, 6) is 6.13. The summed E-state index contributed by atoms with van der Waals surface area (Å²) in [5.41, 5.74) is 1.77. The number of rotatable bonds is 5. The van der Waals surface area contributed by atoms with Gasteiger partial charge in [0.05, 0.1) is 23.3 Å². The van der Waals surface area contributed by atoms with Gasteiger partial charge < -0.3 is 19.9 Å². The number of aromatic nitrogens is 6. The van der Waals surface area contributed by atoms with Crippen molar-refractivity contribution < 1.29 is 13.9 Å². The van der Waals surface area contributed by atoms with Crippen LogP contribution in [-0.4, -0.2) is 65.5 Å². The van der Waals surface area contributed by atoms with Crippen molar-refractivity contribution in [3.63, 3.8) is 0 Å². The van der Waals surface area contributed by atoms with Gasteiger partial charge in [0.2, 0.25) is 0 Å². The van der Waals surface area contributed by atoms with Crippen LogP contribution in [-0.2, 0) is 4.79 Å². The Bertz CT molecular complexity index is 1900. The second kappa shape index (κ2) is 9.87. The van der Waals surface area contributed by atoms with Crippen LogP contribution in [0, 0.1) is 17.7 Å². The molecule has 1 aromatic carbocycles. The minimum absolute atomic E-state index is 0.0886. The fraction of sp³-hybridized carbons (Fsp3) is 0.214. The van der Waals surface area contributed by atoms with Gasteiger partial charge in [-0.2, -0.15) is 5.10 Å². The van der Waals surface area contributed by atoms with Crippen molar-refractivity contribution in [2.24, 2.45) is 0 Å². The van der Waals surface area contributed by atoms with Crippen molar-refractivity contribution >= 4 is 51.5 Å². The van der Waals surface area contributed by atoms with Gasteiger partial charge in [0.1, 0.15) is 40.5 Å².